The Hall–Kier alpha value is -2.30. The average molecular weight is 353 g/mol. The second kappa shape index (κ2) is 6.44. The number of ether oxygens (including phenoxy) is 1. The smallest absolute Gasteiger partial charge is 0.406 e. The first-order valence-corrected chi connectivity index (χ1v) is 6.70. The highest BCUT2D eigenvalue weighted by atomic mass is 32.1. The highest BCUT2D eigenvalue weighted by molar-refractivity contribution is 7.08. The van der Waals surface area contributed by atoms with Crippen LogP contribution in [0.5, 0.6) is 5.75 Å². The molecule has 0 N–H and O–H groups in total. The van der Waals surface area contributed by atoms with E-state index in [-0.39, 0.29) is 10.6 Å². The molecule has 1 aromatic carbocycles. The zero-order chi connectivity index (χ0) is 17.2. The lowest BCUT2D eigenvalue weighted by atomic mass is 10.2. The van der Waals surface area contributed by atoms with Crippen LogP contribution >= 0.6 is 11.5 Å². The number of anilines is 1. The van der Waals surface area contributed by atoms with Crippen molar-refractivity contribution in [2.75, 3.05) is 11.9 Å². The van der Waals surface area contributed by atoms with E-state index >= 15 is 0 Å². The number of benzene rings is 1. The zero-order valence-corrected chi connectivity index (χ0v) is 12.2. The molecule has 2 rings (SSSR count). The molecule has 23 heavy (non-hydrogen) atoms. The molecule has 0 bridgehead atoms. The summed E-state index contributed by atoms with van der Waals surface area (Å²) in [5, 5.41) is 3.19. The van der Waals surface area contributed by atoms with Crippen LogP contribution in [0.15, 0.2) is 24.3 Å². The maximum atomic E-state index is 12.7. The molecule has 124 valence electrons. The van der Waals surface area contributed by atoms with Gasteiger partial charge in [-0.05, 0) is 35.8 Å². The summed E-state index contributed by atoms with van der Waals surface area (Å²) in [5.41, 5.74) is -0.540. The Labute approximate surface area is 130 Å². The summed E-state index contributed by atoms with van der Waals surface area (Å²) in [7, 11) is 1.29. The van der Waals surface area contributed by atoms with Gasteiger partial charge in [0.2, 0.25) is 0 Å². The van der Waals surface area contributed by atoms with Crippen LogP contribution in [0, 0.1) is 0 Å². The maximum absolute atomic E-state index is 12.7. The zero-order valence-electron chi connectivity index (χ0n) is 11.3. The van der Waals surface area contributed by atoms with E-state index in [1.54, 1.807) is 0 Å². The number of nitrogens with zero attached hydrogens (tertiary/aromatic N) is 3. The number of amides is 1. The van der Waals surface area contributed by atoms with Crippen molar-refractivity contribution in [3.63, 3.8) is 0 Å². The molecule has 5 nitrogen and oxygen atoms in total. The number of hydrogen-bond acceptors (Lipinski definition) is 5. The van der Waals surface area contributed by atoms with Crippen molar-refractivity contribution >= 4 is 23.1 Å². The molecule has 11 heteroatoms. The molecule has 0 saturated heterocycles. The number of hydrogen-bond donors (Lipinski definition) is 0. The third-order valence-corrected chi connectivity index (χ3v) is 3.41. The van der Waals surface area contributed by atoms with Crippen LogP contribution in [0.4, 0.5) is 27.6 Å². The Morgan fingerprint density at radius 2 is 1.87 bits per heavy atom. The summed E-state index contributed by atoms with van der Waals surface area (Å²) in [5.74, 6) is -1.25. The third kappa shape index (κ3) is 4.12. The van der Waals surface area contributed by atoms with E-state index in [4.69, 9.17) is 0 Å². The fourth-order valence-corrected chi connectivity index (χ4v) is 2.28. The van der Waals surface area contributed by atoms with E-state index < -0.39 is 30.1 Å². The summed E-state index contributed by atoms with van der Waals surface area (Å²) in [6.07, 6.45) is -7.78. The Bertz CT molecular complexity index is 687. The Morgan fingerprint density at radius 3 is 2.39 bits per heavy atom. The van der Waals surface area contributed by atoms with Crippen LogP contribution in [0.2, 0.25) is 0 Å². The molecule has 0 radical (unpaired) electrons. The SMILES string of the molecule is CN(C(=O)c1snnc1C(F)F)c1ccc(OC(F)(F)F)cc1. The van der Waals surface area contributed by atoms with E-state index in [0.29, 0.717) is 11.5 Å². The molecule has 0 aliphatic heterocycles. The number of aromatic nitrogens is 2. The lowest BCUT2D eigenvalue weighted by Gasteiger charge is -2.17. The lowest BCUT2D eigenvalue weighted by Crippen LogP contribution is -2.26. The molecule has 0 spiro atoms. The van der Waals surface area contributed by atoms with Crippen LogP contribution in [-0.2, 0) is 0 Å². The van der Waals surface area contributed by atoms with Gasteiger partial charge in [0, 0.05) is 12.7 Å². The first-order chi connectivity index (χ1) is 10.7. The number of carbonyl (C=O) groups is 1. The maximum Gasteiger partial charge on any atom is 0.573 e. The predicted molar refractivity (Wildman–Crippen MR) is 70.7 cm³/mol. The van der Waals surface area contributed by atoms with Crippen LogP contribution in [-0.4, -0.2) is 28.9 Å². The molecule has 0 fully saturated rings. The van der Waals surface area contributed by atoms with Crippen LogP contribution in [0.1, 0.15) is 21.8 Å². The van der Waals surface area contributed by atoms with Crippen molar-refractivity contribution in [2.45, 2.75) is 12.8 Å². The molecule has 2 aromatic rings. The fraction of sp³-hybridized carbons (Fsp3) is 0.250. The molecular weight excluding hydrogens is 345 g/mol. The summed E-state index contributed by atoms with van der Waals surface area (Å²) in [6.45, 7) is 0. The van der Waals surface area contributed by atoms with Gasteiger partial charge in [-0.2, -0.15) is 0 Å². The van der Waals surface area contributed by atoms with E-state index in [1.165, 1.54) is 19.2 Å². The van der Waals surface area contributed by atoms with Gasteiger partial charge in [0.1, 0.15) is 10.6 Å². The average Bonchev–Trinajstić information content (AvgIpc) is 2.94. The molecular formula is C12H8F5N3O2S. The summed E-state index contributed by atoms with van der Waals surface area (Å²) >= 11 is 0.514. The van der Waals surface area contributed by atoms with Crippen LogP contribution in [0.3, 0.4) is 0 Å². The van der Waals surface area contributed by atoms with Crippen molar-refractivity contribution in [3.8, 4) is 5.75 Å². The molecule has 0 unspecified atom stereocenters. The van der Waals surface area contributed by atoms with Crippen molar-refractivity contribution in [1.29, 1.82) is 0 Å². The molecule has 0 aliphatic carbocycles. The summed E-state index contributed by atoms with van der Waals surface area (Å²) in [6, 6.07) is 4.39. The molecule has 1 heterocycles. The highest BCUT2D eigenvalue weighted by Gasteiger charge is 2.31. The van der Waals surface area contributed by atoms with E-state index in [0.717, 1.165) is 17.0 Å². The van der Waals surface area contributed by atoms with Crippen molar-refractivity contribution in [3.05, 3.63) is 34.8 Å². The second-order valence-corrected chi connectivity index (χ2v) is 4.95. The van der Waals surface area contributed by atoms with E-state index in [9.17, 15) is 26.7 Å². The third-order valence-electron chi connectivity index (χ3n) is 2.68. The van der Waals surface area contributed by atoms with Gasteiger partial charge in [-0.25, -0.2) is 8.78 Å². The number of alkyl halides is 5. The largest absolute Gasteiger partial charge is 0.573 e. The Balaban J connectivity index is 2.18. The summed E-state index contributed by atoms with van der Waals surface area (Å²) < 4.78 is 68.6. The number of halogens is 5. The van der Waals surface area contributed by atoms with Crippen LogP contribution in [0.25, 0.3) is 0 Å². The Morgan fingerprint density at radius 1 is 1.26 bits per heavy atom. The molecule has 1 aromatic heterocycles. The summed E-state index contributed by atoms with van der Waals surface area (Å²) in [4.78, 5) is 12.8. The molecule has 0 aliphatic rings. The Kier molecular flexibility index (Phi) is 4.78. The second-order valence-electron chi connectivity index (χ2n) is 4.19. The molecule has 1 amide bonds. The lowest BCUT2D eigenvalue weighted by molar-refractivity contribution is -0.274. The van der Waals surface area contributed by atoms with Gasteiger partial charge in [0.25, 0.3) is 12.3 Å². The van der Waals surface area contributed by atoms with Crippen molar-refractivity contribution in [1.82, 2.24) is 9.59 Å². The first kappa shape index (κ1) is 17.1. The topological polar surface area (TPSA) is 55.3 Å². The quantitative estimate of drug-likeness (QED) is 0.788. The highest BCUT2D eigenvalue weighted by Crippen LogP contribution is 2.28. The van der Waals surface area contributed by atoms with Gasteiger partial charge < -0.3 is 9.64 Å². The number of carbonyl (C=O) groups excluding carboxylic acids is 1. The minimum absolute atomic E-state index is 0.193. The minimum Gasteiger partial charge on any atom is -0.406 e. The monoisotopic (exact) mass is 353 g/mol. The minimum atomic E-state index is -4.83. The van der Waals surface area contributed by atoms with Gasteiger partial charge in [-0.15, -0.1) is 18.3 Å². The van der Waals surface area contributed by atoms with Crippen molar-refractivity contribution in [2.24, 2.45) is 0 Å². The predicted octanol–water partition coefficient (Wildman–Crippen LogP) is 3.65. The van der Waals surface area contributed by atoms with Gasteiger partial charge in [0.05, 0.1) is 0 Å². The van der Waals surface area contributed by atoms with Gasteiger partial charge in [-0.3, -0.25) is 4.79 Å². The van der Waals surface area contributed by atoms with E-state index in [2.05, 4.69) is 14.3 Å². The normalized spacial score (nSPS) is 11.6. The van der Waals surface area contributed by atoms with Gasteiger partial charge in [-0.1, -0.05) is 4.49 Å². The van der Waals surface area contributed by atoms with Crippen molar-refractivity contribution < 1.29 is 31.5 Å². The van der Waals surface area contributed by atoms with Gasteiger partial charge in [0.15, 0.2) is 5.69 Å². The molecule has 0 atom stereocenters. The molecule has 0 saturated carbocycles. The van der Waals surface area contributed by atoms with Crippen LogP contribution < -0.4 is 9.64 Å². The number of rotatable bonds is 4. The van der Waals surface area contributed by atoms with Gasteiger partial charge >= 0.3 is 6.36 Å². The van der Waals surface area contributed by atoms with E-state index in [1.807, 2.05) is 0 Å². The fourth-order valence-electron chi connectivity index (χ4n) is 1.63. The first-order valence-electron chi connectivity index (χ1n) is 5.93. The standard InChI is InChI=1S/C12H8F5N3O2S/c1-20(11(21)9-8(10(13)14)18-19-23-9)6-2-4-7(5-3-6)22-12(15,16)17/h2-5,10H,1H3.